The number of fused-ring (bicyclic) bond motifs is 1. The topological polar surface area (TPSA) is 88.9 Å². The minimum Gasteiger partial charge on any atom is -0.369 e. The van der Waals surface area contributed by atoms with Gasteiger partial charge in [-0.05, 0) is 30.8 Å². The lowest BCUT2D eigenvalue weighted by atomic mass is 10.2. The number of likely N-dealkylation sites (N-methyl/N-ethyl adjacent to an activating group) is 1. The number of amides is 1. The van der Waals surface area contributed by atoms with Crippen LogP contribution in [0.1, 0.15) is 16.1 Å². The van der Waals surface area contributed by atoms with Crippen LogP contribution in [-0.2, 0) is 6.54 Å². The van der Waals surface area contributed by atoms with Gasteiger partial charge in [0.1, 0.15) is 5.82 Å². The van der Waals surface area contributed by atoms with Gasteiger partial charge < -0.3 is 19.6 Å². The van der Waals surface area contributed by atoms with Gasteiger partial charge in [-0.3, -0.25) is 9.89 Å². The Hall–Kier alpha value is -4.70. The highest BCUT2D eigenvalue weighted by molar-refractivity contribution is 6.05. The van der Waals surface area contributed by atoms with Crippen LogP contribution in [0.4, 0.5) is 17.2 Å². The van der Waals surface area contributed by atoms with Crippen LogP contribution in [0.5, 0.6) is 0 Å². The van der Waals surface area contributed by atoms with Crippen molar-refractivity contribution in [2.45, 2.75) is 6.54 Å². The molecule has 5 aromatic rings. The number of carbonyl (C=O) groups excluding carboxylic acids is 1. The third-order valence-electron chi connectivity index (χ3n) is 7.47. The number of aromatic nitrogens is 5. The van der Waals surface area contributed by atoms with Crippen LogP contribution in [0.25, 0.3) is 16.9 Å². The number of piperazine rings is 1. The fourth-order valence-corrected chi connectivity index (χ4v) is 5.05. The van der Waals surface area contributed by atoms with Gasteiger partial charge in [0.25, 0.3) is 5.91 Å². The first kappa shape index (κ1) is 25.6. The molecule has 0 atom stereocenters. The summed E-state index contributed by atoms with van der Waals surface area (Å²) in [5.41, 5.74) is 5.70. The van der Waals surface area contributed by atoms with Crippen LogP contribution in [0.2, 0.25) is 0 Å². The fraction of sp³-hybridized carbons (Fsp3) is 0.267. The van der Waals surface area contributed by atoms with Gasteiger partial charge in [-0.15, -0.1) is 0 Å². The Kier molecular flexibility index (Phi) is 6.91. The van der Waals surface area contributed by atoms with E-state index in [0.29, 0.717) is 17.9 Å². The first-order valence-electron chi connectivity index (χ1n) is 13.4. The van der Waals surface area contributed by atoms with Crippen molar-refractivity contribution in [1.82, 2.24) is 29.7 Å². The van der Waals surface area contributed by atoms with Crippen molar-refractivity contribution in [1.29, 1.82) is 0 Å². The van der Waals surface area contributed by atoms with Crippen LogP contribution in [0.15, 0.2) is 79.1 Å². The summed E-state index contributed by atoms with van der Waals surface area (Å²) in [6.45, 7) is 4.67. The summed E-state index contributed by atoms with van der Waals surface area (Å²) in [7, 11) is 5.94. The molecular weight excluding hydrogens is 502 g/mol. The van der Waals surface area contributed by atoms with Gasteiger partial charge in [0.15, 0.2) is 11.3 Å². The zero-order valence-corrected chi connectivity index (χ0v) is 23.0. The lowest BCUT2D eigenvalue weighted by Gasteiger charge is -2.34. The van der Waals surface area contributed by atoms with Gasteiger partial charge in [-0.25, -0.2) is 9.50 Å². The number of hydrogen-bond acceptors (Lipinski definition) is 7. The fourth-order valence-electron chi connectivity index (χ4n) is 5.05. The zero-order valence-electron chi connectivity index (χ0n) is 23.0. The van der Waals surface area contributed by atoms with Crippen molar-refractivity contribution in [2.75, 3.05) is 62.0 Å². The van der Waals surface area contributed by atoms with Crippen molar-refractivity contribution in [2.24, 2.45) is 0 Å². The van der Waals surface area contributed by atoms with Crippen LogP contribution in [-0.4, -0.2) is 82.9 Å². The van der Waals surface area contributed by atoms with E-state index in [9.17, 15) is 4.79 Å². The molecule has 3 aromatic heterocycles. The first-order valence-corrected chi connectivity index (χ1v) is 13.4. The Labute approximate surface area is 233 Å². The lowest BCUT2D eigenvalue weighted by molar-refractivity contribution is 0.0988. The van der Waals surface area contributed by atoms with Crippen molar-refractivity contribution in [3.8, 4) is 11.3 Å². The molecule has 10 heteroatoms. The smallest absolute Gasteiger partial charge is 0.278 e. The number of rotatable bonds is 7. The molecular formula is C30H33N9O. The molecule has 40 heavy (non-hydrogen) atoms. The minimum atomic E-state index is -0.196. The second kappa shape index (κ2) is 10.8. The number of nitrogens with zero attached hydrogens (tertiary/aromatic N) is 8. The van der Waals surface area contributed by atoms with E-state index in [-0.39, 0.29) is 5.91 Å². The van der Waals surface area contributed by atoms with Crippen LogP contribution in [0, 0.1) is 0 Å². The Bertz CT molecular complexity index is 1610. The van der Waals surface area contributed by atoms with Gasteiger partial charge in [-0.1, -0.05) is 36.4 Å². The minimum absolute atomic E-state index is 0.196. The monoisotopic (exact) mass is 535 g/mol. The number of nitrogens with one attached hydrogen (secondary N) is 1. The highest BCUT2D eigenvalue weighted by Gasteiger charge is 2.22. The number of carbonyl (C=O) groups is 1. The zero-order chi connectivity index (χ0) is 27.6. The molecule has 0 saturated carbocycles. The maximum Gasteiger partial charge on any atom is 0.278 e. The first-order chi connectivity index (χ1) is 19.5. The maximum atomic E-state index is 13.7. The average Bonchev–Trinajstić information content (AvgIpc) is 3.67. The molecule has 0 spiro atoms. The Morgan fingerprint density at radius 1 is 0.975 bits per heavy atom. The molecule has 6 rings (SSSR count). The van der Waals surface area contributed by atoms with E-state index in [0.717, 1.165) is 54.6 Å². The normalized spacial score (nSPS) is 14.0. The molecule has 1 N–H and O–H groups in total. The molecule has 1 saturated heterocycles. The van der Waals surface area contributed by atoms with Crippen molar-refractivity contribution in [3.63, 3.8) is 0 Å². The summed E-state index contributed by atoms with van der Waals surface area (Å²) in [6.07, 6.45) is 3.56. The van der Waals surface area contributed by atoms with E-state index in [4.69, 9.17) is 10.1 Å². The predicted molar refractivity (Wildman–Crippen MR) is 158 cm³/mol. The standard InChI is InChI=1S/C30H33N9O/c1-35-12-14-38(15-13-35)25-11-7-10-24(16-25)37(3)30(40)26-17-29-33-28(36(2)21-22-8-5-4-6-9-22)18-27(39(29)34-26)23-19-31-32-20-23/h4-11,16-20H,12-15,21H2,1-3H3,(H,31,32). The summed E-state index contributed by atoms with van der Waals surface area (Å²) >= 11 is 0. The van der Waals surface area contributed by atoms with E-state index in [2.05, 4.69) is 56.2 Å². The molecule has 10 nitrogen and oxygen atoms in total. The van der Waals surface area contributed by atoms with E-state index >= 15 is 0 Å². The van der Waals surface area contributed by atoms with Gasteiger partial charge in [0.2, 0.25) is 0 Å². The van der Waals surface area contributed by atoms with Gasteiger partial charge >= 0.3 is 0 Å². The highest BCUT2D eigenvalue weighted by atomic mass is 16.2. The van der Waals surface area contributed by atoms with Crippen LogP contribution >= 0.6 is 0 Å². The molecule has 4 heterocycles. The summed E-state index contributed by atoms with van der Waals surface area (Å²) in [5, 5.41) is 11.7. The Balaban J connectivity index is 1.31. The van der Waals surface area contributed by atoms with E-state index in [1.165, 1.54) is 5.56 Å². The molecule has 0 bridgehead atoms. The second-order valence-corrected chi connectivity index (χ2v) is 10.3. The number of aromatic amines is 1. The average molecular weight is 536 g/mol. The van der Waals surface area contributed by atoms with Gasteiger partial charge in [0, 0.05) is 82.1 Å². The van der Waals surface area contributed by atoms with Crippen LogP contribution < -0.4 is 14.7 Å². The molecule has 1 aliphatic rings. The summed E-state index contributed by atoms with van der Waals surface area (Å²) in [5.74, 6) is 0.582. The third kappa shape index (κ3) is 5.13. The Morgan fingerprint density at radius 3 is 2.52 bits per heavy atom. The molecule has 2 aromatic carbocycles. The van der Waals surface area contributed by atoms with E-state index in [1.54, 1.807) is 28.7 Å². The van der Waals surface area contributed by atoms with Crippen LogP contribution in [0.3, 0.4) is 0 Å². The number of H-pyrrole nitrogens is 1. The molecule has 1 fully saturated rings. The Morgan fingerprint density at radius 2 is 1.77 bits per heavy atom. The highest BCUT2D eigenvalue weighted by Crippen LogP contribution is 2.27. The van der Waals surface area contributed by atoms with E-state index in [1.807, 2.05) is 49.6 Å². The lowest BCUT2D eigenvalue weighted by Crippen LogP contribution is -2.44. The molecule has 1 amide bonds. The quantitative estimate of drug-likeness (QED) is 0.339. The SMILES string of the molecule is CN1CCN(c2cccc(N(C)C(=O)c3cc4nc(N(C)Cc5ccccc5)cc(-c5cn[nH]c5)n4n3)c2)CC1. The van der Waals surface area contributed by atoms with E-state index < -0.39 is 0 Å². The summed E-state index contributed by atoms with van der Waals surface area (Å²) in [6, 6.07) is 22.1. The summed E-state index contributed by atoms with van der Waals surface area (Å²) in [4.78, 5) is 27.0. The number of hydrogen-bond donors (Lipinski definition) is 1. The number of benzene rings is 2. The van der Waals surface area contributed by atoms with Gasteiger partial charge in [-0.2, -0.15) is 10.2 Å². The largest absolute Gasteiger partial charge is 0.369 e. The number of anilines is 3. The van der Waals surface area contributed by atoms with Crippen molar-refractivity contribution >= 4 is 28.7 Å². The van der Waals surface area contributed by atoms with Crippen molar-refractivity contribution < 1.29 is 4.79 Å². The molecule has 204 valence electrons. The third-order valence-corrected chi connectivity index (χ3v) is 7.47. The molecule has 0 radical (unpaired) electrons. The predicted octanol–water partition coefficient (Wildman–Crippen LogP) is 3.78. The molecule has 1 aliphatic heterocycles. The second-order valence-electron chi connectivity index (χ2n) is 10.3. The van der Waals surface area contributed by atoms with Crippen molar-refractivity contribution in [3.05, 3.63) is 90.4 Å². The molecule has 0 unspecified atom stereocenters. The van der Waals surface area contributed by atoms with Gasteiger partial charge in [0.05, 0.1) is 11.9 Å². The maximum absolute atomic E-state index is 13.7. The summed E-state index contributed by atoms with van der Waals surface area (Å²) < 4.78 is 1.71. The molecule has 0 aliphatic carbocycles.